The van der Waals surface area contributed by atoms with E-state index in [9.17, 15) is 14.0 Å². The summed E-state index contributed by atoms with van der Waals surface area (Å²) in [5.41, 5.74) is 7.31. The highest BCUT2D eigenvalue weighted by Crippen LogP contribution is 2.33. The van der Waals surface area contributed by atoms with E-state index < -0.39 is 17.6 Å². The molecule has 0 saturated carbocycles. The molecule has 200 valence electrons. The van der Waals surface area contributed by atoms with E-state index in [2.05, 4.69) is 25.7 Å². The van der Waals surface area contributed by atoms with E-state index in [1.807, 2.05) is 6.07 Å². The molecule has 0 atom stereocenters. The number of benzene rings is 2. The first-order valence-electron chi connectivity index (χ1n) is 11.9. The van der Waals surface area contributed by atoms with Crippen molar-refractivity contribution in [1.29, 1.82) is 0 Å². The molecule has 0 saturated heterocycles. The first-order chi connectivity index (χ1) is 19.3. The molecule has 5 rings (SSSR count). The van der Waals surface area contributed by atoms with Crippen molar-refractivity contribution in [2.24, 2.45) is 0 Å². The van der Waals surface area contributed by atoms with Crippen LogP contribution < -0.4 is 16.4 Å². The summed E-state index contributed by atoms with van der Waals surface area (Å²) in [6, 6.07) is 19.1. The minimum Gasteiger partial charge on any atom is -0.384 e. The van der Waals surface area contributed by atoms with E-state index >= 15 is 0 Å². The number of rotatable bonds is 7. The fourth-order valence-corrected chi connectivity index (χ4v) is 4.45. The molecule has 0 unspecified atom stereocenters. The molecule has 0 aliphatic rings. The van der Waals surface area contributed by atoms with Gasteiger partial charge in [0.05, 0.1) is 21.3 Å². The Morgan fingerprint density at radius 3 is 2.45 bits per heavy atom. The van der Waals surface area contributed by atoms with Crippen LogP contribution in [0.1, 0.15) is 26.4 Å². The number of anilines is 2. The number of pyridine rings is 2. The lowest BCUT2D eigenvalue weighted by atomic mass is 10.1. The molecule has 3 heterocycles. The summed E-state index contributed by atoms with van der Waals surface area (Å²) in [6.45, 7) is 0.193. The molecule has 0 spiro atoms. The number of para-hydroxylation sites is 1. The Hall–Kier alpha value is -4.80. The van der Waals surface area contributed by atoms with Gasteiger partial charge in [-0.25, -0.2) is 14.1 Å². The average molecular weight is 576 g/mol. The number of aromatic nitrogens is 4. The average Bonchev–Trinajstić information content (AvgIpc) is 3.36. The maximum Gasteiger partial charge on any atom is 0.272 e. The second kappa shape index (κ2) is 11.5. The number of halogens is 3. The molecule has 2 aromatic carbocycles. The van der Waals surface area contributed by atoms with E-state index in [0.29, 0.717) is 11.5 Å². The van der Waals surface area contributed by atoms with E-state index in [0.717, 1.165) is 5.56 Å². The predicted octanol–water partition coefficient (Wildman–Crippen LogP) is 5.54. The number of carbonyl (C=O) groups is 2. The van der Waals surface area contributed by atoms with E-state index in [4.69, 9.17) is 28.9 Å². The van der Waals surface area contributed by atoms with Gasteiger partial charge in [-0.05, 0) is 54.1 Å². The van der Waals surface area contributed by atoms with Gasteiger partial charge in [0.2, 0.25) is 0 Å². The van der Waals surface area contributed by atoms with Crippen LogP contribution in [0.5, 0.6) is 0 Å². The fourth-order valence-electron chi connectivity index (χ4n) is 3.90. The molecule has 2 amide bonds. The molecular weight excluding hydrogens is 556 g/mol. The lowest BCUT2D eigenvalue weighted by Crippen LogP contribution is -2.23. The molecule has 0 aliphatic carbocycles. The molecular formula is C28H20Cl2FN7O2. The van der Waals surface area contributed by atoms with Crippen molar-refractivity contribution >= 4 is 46.7 Å². The molecule has 4 N–H and O–H groups in total. The Morgan fingerprint density at radius 2 is 1.70 bits per heavy atom. The molecule has 40 heavy (non-hydrogen) atoms. The van der Waals surface area contributed by atoms with E-state index in [-0.39, 0.29) is 44.9 Å². The Kier molecular flexibility index (Phi) is 7.72. The zero-order valence-corrected chi connectivity index (χ0v) is 22.1. The van der Waals surface area contributed by atoms with Crippen LogP contribution in [0.4, 0.5) is 16.0 Å². The molecule has 12 heteroatoms. The summed E-state index contributed by atoms with van der Waals surface area (Å²) >= 11 is 12.7. The van der Waals surface area contributed by atoms with Crippen molar-refractivity contribution in [3.8, 4) is 16.9 Å². The SMILES string of the molecule is Nc1cc(CNC(=O)c2cc(NC(=O)c3cc(-c4ncccc4F)c(Cl)cc3Cl)n(-c3ccccc3)n2)ccn1. The second-order valence-corrected chi connectivity index (χ2v) is 9.35. The Bertz CT molecular complexity index is 1730. The monoisotopic (exact) mass is 575 g/mol. The topological polar surface area (TPSA) is 128 Å². The van der Waals surface area contributed by atoms with Gasteiger partial charge in [-0.3, -0.25) is 14.6 Å². The summed E-state index contributed by atoms with van der Waals surface area (Å²) in [5, 5.41) is 10.1. The van der Waals surface area contributed by atoms with Gasteiger partial charge in [0, 0.05) is 30.6 Å². The second-order valence-electron chi connectivity index (χ2n) is 8.53. The Morgan fingerprint density at radius 1 is 0.900 bits per heavy atom. The van der Waals surface area contributed by atoms with Gasteiger partial charge in [-0.1, -0.05) is 41.4 Å². The number of hydrogen-bond acceptors (Lipinski definition) is 6. The maximum atomic E-state index is 14.4. The quantitative estimate of drug-likeness (QED) is 0.234. The van der Waals surface area contributed by atoms with Crippen LogP contribution >= 0.6 is 23.2 Å². The molecule has 9 nitrogen and oxygen atoms in total. The predicted molar refractivity (Wildman–Crippen MR) is 151 cm³/mol. The van der Waals surface area contributed by atoms with Gasteiger partial charge in [0.1, 0.15) is 23.1 Å². The van der Waals surface area contributed by atoms with Gasteiger partial charge in [0.25, 0.3) is 11.8 Å². The summed E-state index contributed by atoms with van der Waals surface area (Å²) in [5.74, 6) is -1.18. The molecule has 3 aromatic heterocycles. The third kappa shape index (κ3) is 5.78. The lowest BCUT2D eigenvalue weighted by molar-refractivity contribution is 0.0944. The summed E-state index contributed by atoms with van der Waals surface area (Å²) in [7, 11) is 0. The number of carbonyl (C=O) groups excluding carboxylic acids is 2. The van der Waals surface area contributed by atoms with Crippen LogP contribution in [0.2, 0.25) is 10.0 Å². The third-order valence-corrected chi connectivity index (χ3v) is 6.42. The highest BCUT2D eigenvalue weighted by molar-refractivity contribution is 6.38. The van der Waals surface area contributed by atoms with Gasteiger partial charge in [-0.2, -0.15) is 5.10 Å². The van der Waals surface area contributed by atoms with Crippen molar-refractivity contribution < 1.29 is 14.0 Å². The number of nitrogens with two attached hydrogens (primary N) is 1. The van der Waals surface area contributed by atoms with Crippen LogP contribution in [0.15, 0.2) is 85.2 Å². The first kappa shape index (κ1) is 26.8. The number of hydrogen-bond donors (Lipinski definition) is 3. The largest absolute Gasteiger partial charge is 0.384 e. The number of nitrogens with one attached hydrogen (secondary N) is 2. The Labute approximate surface area is 237 Å². The number of amides is 2. The van der Waals surface area contributed by atoms with Crippen molar-refractivity contribution in [1.82, 2.24) is 25.1 Å². The molecule has 0 bridgehead atoms. The minimum absolute atomic E-state index is 0.0215. The molecule has 0 fully saturated rings. The van der Waals surface area contributed by atoms with Crippen molar-refractivity contribution in [3.63, 3.8) is 0 Å². The molecule has 0 radical (unpaired) electrons. The normalized spacial score (nSPS) is 10.8. The van der Waals surface area contributed by atoms with Gasteiger partial charge in [-0.15, -0.1) is 0 Å². The highest BCUT2D eigenvalue weighted by Gasteiger charge is 2.21. The summed E-state index contributed by atoms with van der Waals surface area (Å²) in [4.78, 5) is 34.3. The zero-order chi connectivity index (χ0) is 28.2. The van der Waals surface area contributed by atoms with Crippen molar-refractivity contribution in [2.45, 2.75) is 6.54 Å². The lowest BCUT2D eigenvalue weighted by Gasteiger charge is -2.12. The third-order valence-electron chi connectivity index (χ3n) is 5.80. The fraction of sp³-hybridized carbons (Fsp3) is 0.0357. The molecule has 5 aromatic rings. The highest BCUT2D eigenvalue weighted by atomic mass is 35.5. The number of nitrogens with zero attached hydrogens (tertiary/aromatic N) is 4. The molecule has 0 aliphatic heterocycles. The van der Waals surface area contributed by atoms with Gasteiger partial charge < -0.3 is 16.4 Å². The van der Waals surface area contributed by atoms with E-state index in [1.54, 1.807) is 42.6 Å². The first-order valence-corrected chi connectivity index (χ1v) is 12.6. The van der Waals surface area contributed by atoms with Crippen LogP contribution in [-0.2, 0) is 6.54 Å². The summed E-state index contributed by atoms with van der Waals surface area (Å²) in [6.07, 6.45) is 2.96. The minimum atomic E-state index is -0.629. The van der Waals surface area contributed by atoms with Crippen molar-refractivity contribution in [3.05, 3.63) is 118 Å². The van der Waals surface area contributed by atoms with Crippen LogP contribution in [-0.4, -0.2) is 31.6 Å². The van der Waals surface area contributed by atoms with Crippen LogP contribution in [0.3, 0.4) is 0 Å². The van der Waals surface area contributed by atoms with Gasteiger partial charge >= 0.3 is 0 Å². The van der Waals surface area contributed by atoms with E-state index in [1.165, 1.54) is 41.2 Å². The van der Waals surface area contributed by atoms with Crippen LogP contribution in [0, 0.1) is 5.82 Å². The Balaban J connectivity index is 1.46. The maximum absolute atomic E-state index is 14.4. The zero-order valence-electron chi connectivity index (χ0n) is 20.6. The number of nitrogen functional groups attached to an aromatic ring is 1. The summed E-state index contributed by atoms with van der Waals surface area (Å²) < 4.78 is 15.8. The van der Waals surface area contributed by atoms with Gasteiger partial charge in [0.15, 0.2) is 5.69 Å². The van der Waals surface area contributed by atoms with Crippen LogP contribution in [0.25, 0.3) is 16.9 Å². The van der Waals surface area contributed by atoms with Crippen molar-refractivity contribution in [2.75, 3.05) is 11.1 Å². The smallest absolute Gasteiger partial charge is 0.272 e. The standard InChI is InChI=1S/C28H20Cl2FN7O2/c29-20-13-21(30)19(12-18(20)26-22(31)7-4-9-34-26)27(39)36-25-14-23(37-38(25)17-5-2-1-3-6-17)28(40)35-15-16-8-10-33-24(32)11-16/h1-14H,15H2,(H2,32,33)(H,35,40)(H,36,39).